The second-order valence-electron chi connectivity index (χ2n) is 7.14. The molecule has 0 aliphatic heterocycles. The zero-order valence-corrected chi connectivity index (χ0v) is 19.9. The van der Waals surface area contributed by atoms with Crippen LogP contribution in [0.5, 0.6) is 0 Å². The molecule has 0 aliphatic rings. The van der Waals surface area contributed by atoms with Gasteiger partial charge in [0.25, 0.3) is 0 Å². The first-order chi connectivity index (χ1) is 15.6. The van der Waals surface area contributed by atoms with E-state index in [1.54, 1.807) is 60.7 Å². The fourth-order valence-corrected chi connectivity index (χ4v) is 4.74. The Morgan fingerprint density at radius 2 is 1.45 bits per heavy atom. The van der Waals surface area contributed by atoms with E-state index in [4.69, 9.17) is 23.2 Å². The van der Waals surface area contributed by atoms with Crippen LogP contribution in [0.25, 0.3) is 0 Å². The highest BCUT2D eigenvalue weighted by Crippen LogP contribution is 2.25. The molecule has 10 heteroatoms. The van der Waals surface area contributed by atoms with Gasteiger partial charge < -0.3 is 10.6 Å². The van der Waals surface area contributed by atoms with E-state index in [0.29, 0.717) is 22.0 Å². The lowest BCUT2D eigenvalue weighted by Gasteiger charge is -2.22. The highest BCUT2D eigenvalue weighted by atomic mass is 35.5. The Morgan fingerprint density at radius 1 is 0.848 bits per heavy atom. The molecule has 0 saturated carbocycles. The molecular formula is C23H21Cl2N3O4S. The predicted molar refractivity (Wildman–Crippen MR) is 130 cm³/mol. The van der Waals surface area contributed by atoms with Crippen LogP contribution in [0.2, 0.25) is 10.0 Å². The van der Waals surface area contributed by atoms with Gasteiger partial charge in [-0.25, -0.2) is 8.42 Å². The minimum absolute atomic E-state index is 0.0671. The Bertz CT molecular complexity index is 1250. The number of sulfonamides is 1. The van der Waals surface area contributed by atoms with E-state index in [-0.39, 0.29) is 22.4 Å². The Labute approximate surface area is 202 Å². The van der Waals surface area contributed by atoms with Crippen molar-refractivity contribution in [2.45, 2.75) is 18.4 Å². The molecule has 2 N–H and O–H groups in total. The van der Waals surface area contributed by atoms with E-state index >= 15 is 0 Å². The molecule has 0 fully saturated rings. The average Bonchev–Trinajstić information content (AvgIpc) is 2.77. The summed E-state index contributed by atoms with van der Waals surface area (Å²) in [5.74, 6) is -0.738. The molecular weight excluding hydrogens is 485 g/mol. The maximum absolute atomic E-state index is 13.3. The van der Waals surface area contributed by atoms with Crippen LogP contribution in [-0.2, 0) is 26.2 Å². The highest BCUT2D eigenvalue weighted by molar-refractivity contribution is 7.89. The molecule has 172 valence electrons. The fourth-order valence-electron chi connectivity index (χ4n) is 3.01. The molecule has 0 heterocycles. The average molecular weight is 506 g/mol. The summed E-state index contributed by atoms with van der Waals surface area (Å²) in [6.45, 7) is 0.888. The smallest absolute Gasteiger partial charge is 0.243 e. The maximum atomic E-state index is 13.3. The number of nitrogens with one attached hydrogen (secondary N) is 2. The lowest BCUT2D eigenvalue weighted by Crippen LogP contribution is -2.37. The fraction of sp³-hybridized carbons (Fsp3) is 0.130. The van der Waals surface area contributed by atoms with E-state index in [2.05, 4.69) is 10.6 Å². The Hall–Kier alpha value is -2.91. The predicted octanol–water partition coefficient (Wildman–Crippen LogP) is 4.78. The van der Waals surface area contributed by atoms with Gasteiger partial charge in [0.2, 0.25) is 21.8 Å². The van der Waals surface area contributed by atoms with Crippen LogP contribution < -0.4 is 10.6 Å². The SMILES string of the molecule is CC(=O)Nc1ccc(NC(=O)CN(Cc2ccc(Cl)c(Cl)c2)S(=O)(=O)c2ccccc2)cc1. The van der Waals surface area contributed by atoms with Crippen LogP contribution in [-0.4, -0.2) is 31.1 Å². The number of amides is 2. The summed E-state index contributed by atoms with van der Waals surface area (Å²) in [5, 5.41) is 5.94. The van der Waals surface area contributed by atoms with E-state index < -0.39 is 22.5 Å². The molecule has 0 atom stereocenters. The van der Waals surface area contributed by atoms with Crippen molar-refractivity contribution in [3.8, 4) is 0 Å². The molecule has 3 aromatic rings. The third-order valence-corrected chi connectivity index (χ3v) is 7.08. The molecule has 0 aliphatic carbocycles. The van der Waals surface area contributed by atoms with Crippen LogP contribution in [0.3, 0.4) is 0 Å². The van der Waals surface area contributed by atoms with Crippen LogP contribution in [0.4, 0.5) is 11.4 Å². The van der Waals surface area contributed by atoms with Gasteiger partial charge in [-0.05, 0) is 54.1 Å². The highest BCUT2D eigenvalue weighted by Gasteiger charge is 2.27. The largest absolute Gasteiger partial charge is 0.326 e. The van der Waals surface area contributed by atoms with Crippen LogP contribution in [0.15, 0.2) is 77.7 Å². The summed E-state index contributed by atoms with van der Waals surface area (Å²) in [7, 11) is -3.98. The van der Waals surface area contributed by atoms with Crippen molar-refractivity contribution in [2.75, 3.05) is 17.2 Å². The number of hydrogen-bond donors (Lipinski definition) is 2. The van der Waals surface area contributed by atoms with Crippen molar-refractivity contribution in [1.29, 1.82) is 0 Å². The molecule has 3 aromatic carbocycles. The number of anilines is 2. The van der Waals surface area contributed by atoms with Gasteiger partial charge in [0.1, 0.15) is 0 Å². The van der Waals surface area contributed by atoms with E-state index in [0.717, 1.165) is 4.31 Å². The number of carbonyl (C=O) groups is 2. The van der Waals surface area contributed by atoms with Gasteiger partial charge in [-0.1, -0.05) is 47.5 Å². The lowest BCUT2D eigenvalue weighted by atomic mass is 10.2. The van der Waals surface area contributed by atoms with Crippen LogP contribution in [0.1, 0.15) is 12.5 Å². The van der Waals surface area contributed by atoms with Crippen molar-refractivity contribution in [2.24, 2.45) is 0 Å². The molecule has 33 heavy (non-hydrogen) atoms. The van der Waals surface area contributed by atoms with Crippen molar-refractivity contribution in [3.05, 3.63) is 88.4 Å². The number of rotatable bonds is 8. The molecule has 0 unspecified atom stereocenters. The summed E-state index contributed by atoms with van der Waals surface area (Å²) in [6, 6.07) is 19.1. The zero-order valence-electron chi connectivity index (χ0n) is 17.6. The van der Waals surface area contributed by atoms with Crippen LogP contribution in [0, 0.1) is 0 Å². The number of halogens is 2. The van der Waals surface area contributed by atoms with Gasteiger partial charge in [-0.15, -0.1) is 0 Å². The summed E-state index contributed by atoms with van der Waals surface area (Å²) in [4.78, 5) is 23.9. The molecule has 3 rings (SSSR count). The van der Waals surface area contributed by atoms with Gasteiger partial charge >= 0.3 is 0 Å². The van der Waals surface area contributed by atoms with Crippen LogP contribution >= 0.6 is 23.2 Å². The van der Waals surface area contributed by atoms with Crippen molar-refractivity contribution < 1.29 is 18.0 Å². The van der Waals surface area contributed by atoms with Gasteiger partial charge in [0.15, 0.2) is 0 Å². The molecule has 0 saturated heterocycles. The molecule has 0 aromatic heterocycles. The lowest BCUT2D eigenvalue weighted by molar-refractivity contribution is -0.116. The number of benzene rings is 3. The molecule has 2 amide bonds. The summed E-state index contributed by atoms with van der Waals surface area (Å²) in [6.07, 6.45) is 0. The summed E-state index contributed by atoms with van der Waals surface area (Å²) >= 11 is 12.0. The molecule has 0 spiro atoms. The quantitative estimate of drug-likeness (QED) is 0.460. The van der Waals surface area contributed by atoms with Gasteiger partial charge in [-0.2, -0.15) is 4.31 Å². The third kappa shape index (κ3) is 6.79. The van der Waals surface area contributed by atoms with E-state index in [1.165, 1.54) is 19.1 Å². The van der Waals surface area contributed by atoms with Crippen molar-refractivity contribution in [3.63, 3.8) is 0 Å². The first kappa shape index (κ1) is 24.7. The number of carbonyl (C=O) groups excluding carboxylic acids is 2. The van der Waals surface area contributed by atoms with Gasteiger partial charge in [0.05, 0.1) is 21.5 Å². The second kappa shape index (κ2) is 10.8. The molecule has 0 radical (unpaired) electrons. The second-order valence-corrected chi connectivity index (χ2v) is 9.89. The zero-order chi connectivity index (χ0) is 24.0. The maximum Gasteiger partial charge on any atom is 0.243 e. The minimum atomic E-state index is -3.98. The van der Waals surface area contributed by atoms with Gasteiger partial charge in [0, 0.05) is 24.8 Å². The molecule has 0 bridgehead atoms. The Balaban J connectivity index is 1.82. The Morgan fingerprint density at radius 3 is 2.03 bits per heavy atom. The Kier molecular flexibility index (Phi) is 8.10. The minimum Gasteiger partial charge on any atom is -0.326 e. The standard InChI is InChI=1S/C23H21Cl2N3O4S/c1-16(29)26-18-8-10-19(11-9-18)27-23(30)15-28(14-17-7-12-21(24)22(25)13-17)33(31,32)20-5-3-2-4-6-20/h2-13H,14-15H2,1H3,(H,26,29)(H,27,30). The summed E-state index contributed by atoms with van der Waals surface area (Å²) in [5.41, 5.74) is 1.62. The van der Waals surface area contributed by atoms with Crippen molar-refractivity contribution in [1.82, 2.24) is 4.31 Å². The normalized spacial score (nSPS) is 11.3. The monoisotopic (exact) mass is 505 g/mol. The first-order valence-corrected chi connectivity index (χ1v) is 12.0. The summed E-state index contributed by atoms with van der Waals surface area (Å²) < 4.78 is 27.6. The van der Waals surface area contributed by atoms with Gasteiger partial charge in [-0.3, -0.25) is 9.59 Å². The third-order valence-electron chi connectivity index (χ3n) is 4.53. The van der Waals surface area contributed by atoms with E-state index in [9.17, 15) is 18.0 Å². The number of nitrogens with zero attached hydrogens (tertiary/aromatic N) is 1. The number of hydrogen-bond acceptors (Lipinski definition) is 4. The first-order valence-electron chi connectivity index (χ1n) is 9.82. The van der Waals surface area contributed by atoms with Crippen molar-refractivity contribution >= 4 is 56.4 Å². The molecule has 7 nitrogen and oxygen atoms in total. The van der Waals surface area contributed by atoms with E-state index in [1.807, 2.05) is 0 Å². The topological polar surface area (TPSA) is 95.6 Å².